The molecule has 1 aliphatic carbocycles. The fourth-order valence-corrected chi connectivity index (χ4v) is 3.98. The van der Waals surface area contributed by atoms with Crippen LogP contribution in [0.15, 0.2) is 36.4 Å². The number of amides is 3. The van der Waals surface area contributed by atoms with Gasteiger partial charge in [0.15, 0.2) is 0 Å². The van der Waals surface area contributed by atoms with Gasteiger partial charge < -0.3 is 10.1 Å². The topological polar surface area (TPSA) is 67.4 Å². The molecule has 8 heteroatoms. The Morgan fingerprint density at radius 1 is 1.14 bits per heavy atom. The van der Waals surface area contributed by atoms with Crippen LogP contribution >= 0.6 is 34.8 Å². The molecule has 1 aliphatic rings. The van der Waals surface area contributed by atoms with Gasteiger partial charge in [0.05, 0.1) is 17.2 Å². The second kappa shape index (κ2) is 8.05. The van der Waals surface area contributed by atoms with E-state index in [0.29, 0.717) is 18.7 Å². The van der Waals surface area contributed by atoms with Crippen molar-refractivity contribution in [3.63, 3.8) is 0 Å². The van der Waals surface area contributed by atoms with Crippen molar-refractivity contribution in [1.82, 2.24) is 5.32 Å². The minimum absolute atomic E-state index is 0.226. The van der Waals surface area contributed by atoms with Crippen LogP contribution in [0.2, 0.25) is 5.02 Å². The van der Waals surface area contributed by atoms with Crippen molar-refractivity contribution in [2.45, 2.75) is 31.5 Å². The number of anilines is 1. The molecule has 0 radical (unpaired) electrons. The lowest BCUT2D eigenvalue weighted by Crippen LogP contribution is -2.34. The number of imide groups is 1. The molecule has 1 atom stereocenters. The molecule has 3 amide bonds. The number of hydrogen-bond donors (Lipinski definition) is 2. The average molecular weight is 456 g/mol. The van der Waals surface area contributed by atoms with Crippen molar-refractivity contribution in [1.29, 1.82) is 0 Å². The summed E-state index contributed by atoms with van der Waals surface area (Å²) in [6.45, 7) is 6.14. The molecular weight excluding hydrogens is 435 g/mol. The highest BCUT2D eigenvalue weighted by Crippen LogP contribution is 2.63. The van der Waals surface area contributed by atoms with Crippen molar-refractivity contribution >= 4 is 52.4 Å². The molecule has 2 aromatic carbocycles. The van der Waals surface area contributed by atoms with E-state index in [1.165, 1.54) is 0 Å². The number of hydrogen-bond acceptors (Lipinski definition) is 3. The normalized spacial score (nSPS) is 19.4. The third kappa shape index (κ3) is 4.80. The Balaban J connectivity index is 1.63. The Morgan fingerprint density at radius 2 is 1.72 bits per heavy atom. The number of aryl methyl sites for hydroxylation is 2. The molecule has 0 bridgehead atoms. The van der Waals surface area contributed by atoms with E-state index >= 15 is 0 Å². The van der Waals surface area contributed by atoms with Gasteiger partial charge in [-0.2, -0.15) is 0 Å². The molecule has 1 unspecified atom stereocenters. The molecule has 0 saturated heterocycles. The van der Waals surface area contributed by atoms with Gasteiger partial charge in [0, 0.05) is 11.1 Å². The summed E-state index contributed by atoms with van der Waals surface area (Å²) in [6.07, 6.45) is 0.681. The van der Waals surface area contributed by atoms with E-state index < -0.39 is 16.3 Å². The Morgan fingerprint density at radius 3 is 2.28 bits per heavy atom. The van der Waals surface area contributed by atoms with Gasteiger partial charge >= 0.3 is 6.03 Å². The first-order valence-corrected chi connectivity index (χ1v) is 10.1. The first-order chi connectivity index (χ1) is 13.5. The number of benzene rings is 2. The molecular formula is C21H21Cl3N2O3. The maximum atomic E-state index is 12.2. The highest BCUT2D eigenvalue weighted by molar-refractivity contribution is 6.51. The lowest BCUT2D eigenvalue weighted by atomic mass is 10.1. The van der Waals surface area contributed by atoms with Crippen LogP contribution < -0.4 is 15.4 Å². The number of urea groups is 1. The van der Waals surface area contributed by atoms with E-state index in [-0.39, 0.29) is 16.0 Å². The number of carbonyl (C=O) groups is 2. The van der Waals surface area contributed by atoms with E-state index in [1.807, 2.05) is 20.8 Å². The molecule has 0 spiro atoms. The van der Waals surface area contributed by atoms with Crippen LogP contribution in [-0.4, -0.2) is 22.9 Å². The molecule has 5 nitrogen and oxygen atoms in total. The van der Waals surface area contributed by atoms with E-state index in [9.17, 15) is 9.59 Å². The van der Waals surface area contributed by atoms with Crippen LogP contribution in [0, 0.1) is 19.3 Å². The van der Waals surface area contributed by atoms with Crippen LogP contribution in [-0.2, 0) is 0 Å². The summed E-state index contributed by atoms with van der Waals surface area (Å²) in [4.78, 5) is 24.4. The van der Waals surface area contributed by atoms with Crippen LogP contribution in [0.1, 0.15) is 34.8 Å². The maximum absolute atomic E-state index is 12.2. The van der Waals surface area contributed by atoms with Gasteiger partial charge in [-0.05, 0) is 55.7 Å². The number of alkyl halides is 2. The van der Waals surface area contributed by atoms with Crippen molar-refractivity contribution in [2.24, 2.45) is 5.41 Å². The summed E-state index contributed by atoms with van der Waals surface area (Å²) in [5, 5.41) is 5.20. The number of rotatable bonds is 5. The molecule has 2 N–H and O–H groups in total. The molecule has 1 fully saturated rings. The van der Waals surface area contributed by atoms with Gasteiger partial charge in [-0.25, -0.2) is 4.79 Å². The Hall–Kier alpha value is -1.95. The summed E-state index contributed by atoms with van der Waals surface area (Å²) in [5.41, 5.74) is 2.18. The quantitative estimate of drug-likeness (QED) is 0.553. The lowest BCUT2D eigenvalue weighted by molar-refractivity contribution is 0.0967. The van der Waals surface area contributed by atoms with Gasteiger partial charge in [0.25, 0.3) is 5.91 Å². The van der Waals surface area contributed by atoms with Gasteiger partial charge in [-0.1, -0.05) is 30.7 Å². The second-order valence-electron chi connectivity index (χ2n) is 7.56. The highest BCUT2D eigenvalue weighted by Gasteiger charge is 2.63. The van der Waals surface area contributed by atoms with Gasteiger partial charge in [0.1, 0.15) is 10.1 Å². The van der Waals surface area contributed by atoms with Crippen LogP contribution in [0.4, 0.5) is 10.5 Å². The van der Waals surface area contributed by atoms with Crippen LogP contribution in [0.3, 0.4) is 0 Å². The maximum Gasteiger partial charge on any atom is 0.326 e. The number of nitrogens with one attached hydrogen (secondary N) is 2. The Labute approximate surface area is 184 Å². The first kappa shape index (κ1) is 21.8. The van der Waals surface area contributed by atoms with E-state index in [4.69, 9.17) is 39.5 Å². The van der Waals surface area contributed by atoms with Gasteiger partial charge in [0.2, 0.25) is 0 Å². The monoisotopic (exact) mass is 454 g/mol. The van der Waals surface area contributed by atoms with E-state index in [2.05, 4.69) is 10.6 Å². The molecule has 1 saturated carbocycles. The second-order valence-corrected chi connectivity index (χ2v) is 9.45. The van der Waals surface area contributed by atoms with Crippen LogP contribution in [0.5, 0.6) is 5.75 Å². The zero-order valence-electron chi connectivity index (χ0n) is 16.2. The zero-order valence-corrected chi connectivity index (χ0v) is 18.5. The van der Waals surface area contributed by atoms with Gasteiger partial charge in [-0.15, -0.1) is 23.2 Å². The largest absolute Gasteiger partial charge is 0.492 e. The average Bonchev–Trinajstić information content (AvgIpc) is 3.11. The number of ether oxygens (including phenoxy) is 1. The molecule has 29 heavy (non-hydrogen) atoms. The van der Waals surface area contributed by atoms with Crippen LogP contribution in [0.25, 0.3) is 0 Å². The van der Waals surface area contributed by atoms with Crippen molar-refractivity contribution < 1.29 is 14.3 Å². The predicted molar refractivity (Wildman–Crippen MR) is 117 cm³/mol. The molecule has 3 rings (SSSR count). The summed E-state index contributed by atoms with van der Waals surface area (Å²) < 4.78 is 5.21. The minimum Gasteiger partial charge on any atom is -0.492 e. The third-order valence-electron chi connectivity index (χ3n) is 4.97. The Kier molecular flexibility index (Phi) is 6.04. The Bertz CT molecular complexity index is 954. The lowest BCUT2D eigenvalue weighted by Gasteiger charge is -2.18. The molecule has 0 heterocycles. The van der Waals surface area contributed by atoms with Crippen molar-refractivity contribution in [3.8, 4) is 5.75 Å². The van der Waals surface area contributed by atoms with Gasteiger partial charge in [-0.3, -0.25) is 10.1 Å². The summed E-state index contributed by atoms with van der Waals surface area (Å²) >= 11 is 18.3. The van der Waals surface area contributed by atoms with E-state index in [0.717, 1.165) is 16.9 Å². The summed E-state index contributed by atoms with van der Waals surface area (Å²) in [6, 6.07) is 9.39. The molecule has 2 aromatic rings. The molecule has 0 aromatic heterocycles. The fraction of sp³-hybridized carbons (Fsp3) is 0.333. The molecule has 154 valence electrons. The van der Waals surface area contributed by atoms with Crippen molar-refractivity contribution in [2.75, 3.05) is 11.9 Å². The highest BCUT2D eigenvalue weighted by atomic mass is 35.5. The minimum atomic E-state index is -0.747. The fourth-order valence-electron chi connectivity index (χ4n) is 3.06. The molecule has 0 aliphatic heterocycles. The smallest absolute Gasteiger partial charge is 0.326 e. The summed E-state index contributed by atoms with van der Waals surface area (Å²) in [7, 11) is 0. The van der Waals surface area contributed by atoms with Crippen molar-refractivity contribution in [3.05, 3.63) is 58.1 Å². The predicted octanol–water partition coefficient (Wildman–Crippen LogP) is 5.88. The SMILES string of the molecule is Cc1cc(NC(=O)NC(=O)c2ccccc2Cl)cc(C)c1OCC1(C)CC1(Cl)Cl. The summed E-state index contributed by atoms with van der Waals surface area (Å²) in [5.74, 6) is 0.144. The first-order valence-electron chi connectivity index (χ1n) is 9.01. The number of halogens is 3. The number of carbonyl (C=O) groups excluding carboxylic acids is 2. The standard InChI is InChI=1S/C21H21Cl3N2O3/c1-12-8-14(9-13(2)17(12)29-11-20(3)10-21(20,23)24)25-19(28)26-18(27)15-6-4-5-7-16(15)22/h4-9H,10-11H2,1-3H3,(H2,25,26,27,28). The van der Waals surface area contributed by atoms with E-state index in [1.54, 1.807) is 36.4 Å². The zero-order chi connectivity index (χ0) is 21.4. The third-order valence-corrected chi connectivity index (χ3v) is 6.48.